The number of hydrogen-bond donors (Lipinski definition) is 1. The molecule has 0 radical (unpaired) electrons. The number of rotatable bonds is 8. The normalized spacial score (nSPS) is 10.3. The van der Waals surface area contributed by atoms with E-state index in [4.69, 9.17) is 0 Å². The van der Waals surface area contributed by atoms with Gasteiger partial charge in [0, 0.05) is 13.5 Å². The SMILES string of the molecule is CCCCCCNc1nc(C(=O)OC)c(C(C)=O)s1. The van der Waals surface area contributed by atoms with Gasteiger partial charge in [0.1, 0.15) is 4.88 Å². The summed E-state index contributed by atoms with van der Waals surface area (Å²) in [5.41, 5.74) is 0.107. The molecule has 1 aromatic heterocycles. The van der Waals surface area contributed by atoms with E-state index >= 15 is 0 Å². The molecule has 0 spiro atoms. The number of methoxy groups -OCH3 is 1. The molecule has 106 valence electrons. The zero-order valence-electron chi connectivity index (χ0n) is 11.6. The fourth-order valence-corrected chi connectivity index (χ4v) is 2.49. The van der Waals surface area contributed by atoms with Gasteiger partial charge >= 0.3 is 5.97 Å². The van der Waals surface area contributed by atoms with Crippen LogP contribution in [0.2, 0.25) is 0 Å². The Balaban J connectivity index is 2.65. The maximum atomic E-state index is 11.5. The van der Waals surface area contributed by atoms with Crippen LogP contribution in [0.3, 0.4) is 0 Å². The van der Waals surface area contributed by atoms with E-state index in [2.05, 4.69) is 22.0 Å². The molecule has 0 aliphatic carbocycles. The molecular weight excluding hydrogens is 264 g/mol. The standard InChI is InChI=1S/C13H20N2O3S/c1-4-5-6-7-8-14-13-15-10(12(17)18-3)11(19-13)9(2)16/h4-8H2,1-3H3,(H,14,15). The van der Waals surface area contributed by atoms with Gasteiger partial charge < -0.3 is 10.1 Å². The minimum atomic E-state index is -0.569. The van der Waals surface area contributed by atoms with Crippen molar-refractivity contribution in [3.8, 4) is 0 Å². The van der Waals surface area contributed by atoms with Gasteiger partial charge in [0.15, 0.2) is 16.6 Å². The maximum Gasteiger partial charge on any atom is 0.358 e. The summed E-state index contributed by atoms with van der Waals surface area (Å²) in [5.74, 6) is -0.739. The van der Waals surface area contributed by atoms with E-state index in [9.17, 15) is 9.59 Å². The molecule has 1 aromatic rings. The van der Waals surface area contributed by atoms with Crippen LogP contribution in [0.25, 0.3) is 0 Å². The molecule has 0 amide bonds. The first kappa shape index (κ1) is 15.6. The largest absolute Gasteiger partial charge is 0.464 e. The van der Waals surface area contributed by atoms with Gasteiger partial charge in [-0.25, -0.2) is 9.78 Å². The van der Waals surface area contributed by atoms with E-state index in [1.54, 1.807) is 0 Å². The van der Waals surface area contributed by atoms with Crippen LogP contribution >= 0.6 is 11.3 Å². The number of ether oxygens (including phenoxy) is 1. The summed E-state index contributed by atoms with van der Waals surface area (Å²) in [6.07, 6.45) is 4.62. The van der Waals surface area contributed by atoms with Gasteiger partial charge in [0.05, 0.1) is 7.11 Å². The Morgan fingerprint density at radius 2 is 2.05 bits per heavy atom. The molecule has 0 unspecified atom stereocenters. The zero-order valence-corrected chi connectivity index (χ0v) is 12.4. The first-order chi connectivity index (χ1) is 9.10. The second-order valence-electron chi connectivity index (χ2n) is 4.23. The van der Waals surface area contributed by atoms with Crippen molar-refractivity contribution in [1.82, 2.24) is 4.98 Å². The van der Waals surface area contributed by atoms with E-state index < -0.39 is 5.97 Å². The van der Waals surface area contributed by atoms with E-state index in [0.717, 1.165) is 19.4 Å². The van der Waals surface area contributed by atoms with Gasteiger partial charge in [0.2, 0.25) is 0 Å². The Labute approximate surface area is 117 Å². The first-order valence-electron chi connectivity index (χ1n) is 6.44. The Kier molecular flexibility index (Phi) is 6.49. The molecule has 19 heavy (non-hydrogen) atoms. The molecule has 1 N–H and O–H groups in total. The predicted octanol–water partition coefficient (Wildman–Crippen LogP) is 3.12. The van der Waals surface area contributed by atoms with Gasteiger partial charge in [-0.15, -0.1) is 0 Å². The molecule has 0 fully saturated rings. The van der Waals surface area contributed by atoms with Crippen LogP contribution in [0, 0.1) is 0 Å². The quantitative estimate of drug-likeness (QED) is 0.451. The number of nitrogens with one attached hydrogen (secondary N) is 1. The van der Waals surface area contributed by atoms with Crippen molar-refractivity contribution < 1.29 is 14.3 Å². The summed E-state index contributed by atoms with van der Waals surface area (Å²) >= 11 is 1.20. The molecule has 0 atom stereocenters. The Morgan fingerprint density at radius 1 is 1.32 bits per heavy atom. The van der Waals surface area contributed by atoms with E-state index in [-0.39, 0.29) is 11.5 Å². The third-order valence-corrected chi connectivity index (χ3v) is 3.75. The van der Waals surface area contributed by atoms with Crippen LogP contribution in [0.5, 0.6) is 0 Å². The number of anilines is 1. The zero-order chi connectivity index (χ0) is 14.3. The summed E-state index contributed by atoms with van der Waals surface area (Å²) in [6, 6.07) is 0. The van der Waals surface area contributed by atoms with Gasteiger partial charge in [-0.1, -0.05) is 37.5 Å². The predicted molar refractivity (Wildman–Crippen MR) is 76.1 cm³/mol. The third kappa shape index (κ3) is 4.63. The Bertz CT molecular complexity index is 443. The number of Topliss-reactive ketones (excluding diaryl/α,β-unsaturated/α-hetero) is 1. The average molecular weight is 284 g/mol. The van der Waals surface area contributed by atoms with Crippen LogP contribution in [0.1, 0.15) is 59.7 Å². The lowest BCUT2D eigenvalue weighted by Gasteiger charge is -2.01. The van der Waals surface area contributed by atoms with Gasteiger partial charge in [0.25, 0.3) is 0 Å². The lowest BCUT2D eigenvalue weighted by atomic mass is 10.2. The van der Waals surface area contributed by atoms with Crippen LogP contribution in [0.15, 0.2) is 0 Å². The molecule has 0 aliphatic rings. The number of carbonyl (C=O) groups excluding carboxylic acids is 2. The number of carbonyl (C=O) groups is 2. The van der Waals surface area contributed by atoms with E-state index in [0.29, 0.717) is 10.0 Å². The number of ketones is 1. The van der Waals surface area contributed by atoms with E-state index in [1.165, 1.54) is 38.2 Å². The Hall–Kier alpha value is -1.43. The molecule has 0 aromatic carbocycles. The van der Waals surface area contributed by atoms with E-state index in [1.807, 2.05) is 0 Å². The summed E-state index contributed by atoms with van der Waals surface area (Å²) in [7, 11) is 1.28. The van der Waals surface area contributed by atoms with Crippen LogP contribution < -0.4 is 5.32 Å². The molecule has 0 bridgehead atoms. The molecule has 0 saturated heterocycles. The highest BCUT2D eigenvalue weighted by Gasteiger charge is 2.21. The van der Waals surface area contributed by atoms with Gasteiger partial charge in [-0.05, 0) is 6.42 Å². The molecule has 1 heterocycles. The van der Waals surface area contributed by atoms with Crippen LogP contribution in [-0.4, -0.2) is 30.4 Å². The minimum absolute atomic E-state index is 0.107. The molecule has 0 saturated carbocycles. The van der Waals surface area contributed by atoms with Crippen molar-refractivity contribution in [2.24, 2.45) is 0 Å². The van der Waals surface area contributed by atoms with Crippen molar-refractivity contribution >= 4 is 28.2 Å². The monoisotopic (exact) mass is 284 g/mol. The number of nitrogens with zero attached hydrogens (tertiary/aromatic N) is 1. The highest BCUT2D eigenvalue weighted by atomic mass is 32.1. The Morgan fingerprint density at radius 3 is 2.63 bits per heavy atom. The molecular formula is C13H20N2O3S. The molecule has 1 rings (SSSR count). The second kappa shape index (κ2) is 7.89. The van der Waals surface area contributed by atoms with Crippen molar-refractivity contribution in [2.75, 3.05) is 19.0 Å². The van der Waals surface area contributed by atoms with Crippen LogP contribution in [0.4, 0.5) is 5.13 Å². The third-order valence-electron chi connectivity index (χ3n) is 2.63. The number of unbranched alkanes of at least 4 members (excludes halogenated alkanes) is 3. The number of esters is 1. The molecule has 5 nitrogen and oxygen atoms in total. The number of thiazole rings is 1. The van der Waals surface area contributed by atoms with Crippen molar-refractivity contribution in [2.45, 2.75) is 39.5 Å². The number of hydrogen-bond acceptors (Lipinski definition) is 6. The second-order valence-corrected chi connectivity index (χ2v) is 5.23. The minimum Gasteiger partial charge on any atom is -0.464 e. The molecule has 0 aliphatic heterocycles. The summed E-state index contributed by atoms with van der Waals surface area (Å²) in [6.45, 7) is 4.38. The average Bonchev–Trinajstić information content (AvgIpc) is 2.82. The smallest absolute Gasteiger partial charge is 0.358 e. The van der Waals surface area contributed by atoms with Crippen molar-refractivity contribution in [1.29, 1.82) is 0 Å². The van der Waals surface area contributed by atoms with Gasteiger partial charge in [-0.3, -0.25) is 4.79 Å². The highest BCUT2D eigenvalue weighted by molar-refractivity contribution is 7.17. The fraction of sp³-hybridized carbons (Fsp3) is 0.615. The van der Waals surface area contributed by atoms with Crippen molar-refractivity contribution in [3.05, 3.63) is 10.6 Å². The topological polar surface area (TPSA) is 68.3 Å². The number of aromatic nitrogens is 1. The van der Waals surface area contributed by atoms with Gasteiger partial charge in [-0.2, -0.15) is 0 Å². The first-order valence-corrected chi connectivity index (χ1v) is 7.25. The molecule has 6 heteroatoms. The highest BCUT2D eigenvalue weighted by Crippen LogP contribution is 2.24. The lowest BCUT2D eigenvalue weighted by Crippen LogP contribution is -2.07. The van der Waals surface area contributed by atoms with Crippen molar-refractivity contribution in [3.63, 3.8) is 0 Å². The maximum absolute atomic E-state index is 11.5. The summed E-state index contributed by atoms with van der Waals surface area (Å²) < 4.78 is 4.62. The lowest BCUT2D eigenvalue weighted by molar-refractivity contribution is 0.0591. The fourth-order valence-electron chi connectivity index (χ4n) is 1.62. The summed E-state index contributed by atoms with van der Waals surface area (Å²) in [5, 5.41) is 3.74. The van der Waals surface area contributed by atoms with Crippen LogP contribution in [-0.2, 0) is 4.74 Å². The summed E-state index contributed by atoms with van der Waals surface area (Å²) in [4.78, 5) is 27.4.